The number of urea groups is 1. The highest BCUT2D eigenvalue weighted by molar-refractivity contribution is 7.13. The molecule has 0 radical (unpaired) electrons. The Morgan fingerprint density at radius 2 is 2.18 bits per heavy atom. The summed E-state index contributed by atoms with van der Waals surface area (Å²) >= 11 is 1.51. The van der Waals surface area contributed by atoms with Gasteiger partial charge in [0.15, 0.2) is 11.5 Å². The third-order valence-corrected chi connectivity index (χ3v) is 6.27. The van der Waals surface area contributed by atoms with Gasteiger partial charge in [-0.25, -0.2) is 4.79 Å². The van der Waals surface area contributed by atoms with Crippen LogP contribution in [0.1, 0.15) is 37.8 Å². The average molecular weight is 471 g/mol. The predicted octanol–water partition coefficient (Wildman–Crippen LogP) is 4.44. The average Bonchev–Trinajstić information content (AvgIpc) is 3.50. The molecule has 3 aromatic rings. The first-order valence-corrected chi connectivity index (χ1v) is 11.5. The predicted molar refractivity (Wildman–Crippen MR) is 124 cm³/mol. The molecular formula is C23H26N4O5S. The molecule has 0 aliphatic carbocycles. The van der Waals surface area contributed by atoms with Gasteiger partial charge in [-0.15, -0.1) is 11.3 Å². The molecule has 0 spiro atoms. The summed E-state index contributed by atoms with van der Waals surface area (Å²) in [6, 6.07) is 8.02. The zero-order valence-corrected chi connectivity index (χ0v) is 19.5. The van der Waals surface area contributed by atoms with E-state index >= 15 is 0 Å². The van der Waals surface area contributed by atoms with Gasteiger partial charge in [0.05, 0.1) is 23.6 Å². The molecule has 0 saturated heterocycles. The standard InChI is InChI=1S/C23H26N4O5S/c1-4-31-11-6-10-27-14(2)19(22-25-21(26-32-22)18-7-5-12-33-18)20(24-23(27)29)15-8-9-17(30-3)16(28)13-15/h5,7-9,12-13,20,28H,4,6,10-11H2,1-3H3,(H,24,29). The number of aromatic nitrogens is 2. The number of ether oxygens (including phenoxy) is 2. The lowest BCUT2D eigenvalue weighted by atomic mass is 9.94. The molecule has 1 aliphatic rings. The van der Waals surface area contributed by atoms with E-state index < -0.39 is 6.04 Å². The molecule has 10 heteroatoms. The van der Waals surface area contributed by atoms with Crippen LogP contribution in [0.4, 0.5) is 4.79 Å². The van der Waals surface area contributed by atoms with E-state index in [0.717, 1.165) is 4.88 Å². The maximum absolute atomic E-state index is 13.0. The number of hydrogen-bond donors (Lipinski definition) is 2. The summed E-state index contributed by atoms with van der Waals surface area (Å²) in [6.07, 6.45) is 0.685. The number of nitrogens with zero attached hydrogens (tertiary/aromatic N) is 3. The minimum atomic E-state index is -0.589. The van der Waals surface area contributed by atoms with Gasteiger partial charge in [-0.3, -0.25) is 4.90 Å². The Hall–Kier alpha value is -3.37. The summed E-state index contributed by atoms with van der Waals surface area (Å²) in [5.41, 5.74) is 2.05. The van der Waals surface area contributed by atoms with Crippen molar-refractivity contribution >= 4 is 22.9 Å². The van der Waals surface area contributed by atoms with Crippen molar-refractivity contribution in [2.75, 3.05) is 26.9 Å². The Morgan fingerprint density at radius 3 is 2.88 bits per heavy atom. The molecule has 2 N–H and O–H groups in total. The van der Waals surface area contributed by atoms with Gasteiger partial charge in [0.25, 0.3) is 5.89 Å². The molecule has 3 heterocycles. The number of nitrogens with one attached hydrogen (secondary N) is 1. The second-order valence-electron chi connectivity index (χ2n) is 7.42. The van der Waals surface area contributed by atoms with Crippen molar-refractivity contribution < 1.29 is 23.9 Å². The quantitative estimate of drug-likeness (QED) is 0.445. The van der Waals surface area contributed by atoms with Gasteiger partial charge in [-0.05, 0) is 49.4 Å². The second kappa shape index (κ2) is 10.1. The van der Waals surface area contributed by atoms with Crippen LogP contribution in [-0.4, -0.2) is 53.0 Å². The second-order valence-corrected chi connectivity index (χ2v) is 8.36. The van der Waals surface area contributed by atoms with E-state index in [9.17, 15) is 9.90 Å². The molecule has 33 heavy (non-hydrogen) atoms. The van der Waals surface area contributed by atoms with Crippen LogP contribution in [0.2, 0.25) is 0 Å². The van der Waals surface area contributed by atoms with Crippen molar-refractivity contribution in [2.45, 2.75) is 26.3 Å². The molecule has 9 nitrogen and oxygen atoms in total. The van der Waals surface area contributed by atoms with Crippen LogP contribution in [0.15, 0.2) is 45.9 Å². The fourth-order valence-electron chi connectivity index (χ4n) is 3.77. The number of carbonyl (C=O) groups is 1. The first kappa shape index (κ1) is 22.8. The van der Waals surface area contributed by atoms with Gasteiger partial charge in [-0.1, -0.05) is 17.3 Å². The third-order valence-electron chi connectivity index (χ3n) is 5.41. The Labute approximate surface area is 195 Å². The number of methoxy groups -OCH3 is 1. The molecule has 0 bridgehead atoms. The van der Waals surface area contributed by atoms with Gasteiger partial charge in [0.2, 0.25) is 5.82 Å². The minimum absolute atomic E-state index is 0.0230. The van der Waals surface area contributed by atoms with E-state index in [0.29, 0.717) is 60.5 Å². The van der Waals surface area contributed by atoms with Gasteiger partial charge in [-0.2, -0.15) is 4.98 Å². The maximum atomic E-state index is 13.0. The largest absolute Gasteiger partial charge is 0.504 e. The molecule has 0 fully saturated rings. The van der Waals surface area contributed by atoms with Gasteiger partial charge in [0.1, 0.15) is 0 Å². The molecule has 1 aliphatic heterocycles. The van der Waals surface area contributed by atoms with Crippen molar-refractivity contribution in [1.82, 2.24) is 20.4 Å². The molecule has 4 rings (SSSR count). The molecule has 1 atom stereocenters. The Kier molecular flexibility index (Phi) is 6.95. The highest BCUT2D eigenvalue weighted by atomic mass is 32.1. The first-order chi connectivity index (χ1) is 16.0. The number of rotatable bonds is 9. The number of allylic oxidation sites excluding steroid dienone is 1. The molecule has 2 amide bonds. The Balaban J connectivity index is 1.74. The number of aromatic hydroxyl groups is 1. The van der Waals surface area contributed by atoms with E-state index in [1.165, 1.54) is 18.4 Å². The first-order valence-electron chi connectivity index (χ1n) is 10.6. The van der Waals surface area contributed by atoms with Crippen LogP contribution < -0.4 is 10.1 Å². The smallest absolute Gasteiger partial charge is 0.322 e. The minimum Gasteiger partial charge on any atom is -0.504 e. The number of thiophene rings is 1. The SMILES string of the molecule is CCOCCCN1C(=O)NC(c2ccc(OC)c(O)c2)C(c2nc(-c3cccs3)no2)=C1C. The number of phenols is 1. The van der Waals surface area contributed by atoms with Gasteiger partial charge < -0.3 is 24.4 Å². The molecular weight excluding hydrogens is 444 g/mol. The van der Waals surface area contributed by atoms with E-state index in [1.54, 1.807) is 23.1 Å². The molecule has 1 unspecified atom stereocenters. The summed E-state index contributed by atoms with van der Waals surface area (Å²) in [4.78, 5) is 20.2. The lowest BCUT2D eigenvalue weighted by Crippen LogP contribution is -2.46. The monoisotopic (exact) mass is 470 g/mol. The fraction of sp³-hybridized carbons (Fsp3) is 0.348. The zero-order chi connectivity index (χ0) is 23.4. The number of carbonyl (C=O) groups excluding carboxylic acids is 1. The number of amides is 2. The Bertz CT molecular complexity index is 1140. The topological polar surface area (TPSA) is 110 Å². The number of hydrogen-bond acceptors (Lipinski definition) is 8. The third kappa shape index (κ3) is 4.71. The summed E-state index contributed by atoms with van der Waals surface area (Å²) < 4.78 is 16.2. The van der Waals surface area contributed by atoms with Crippen LogP contribution in [0, 0.1) is 0 Å². The normalized spacial score (nSPS) is 16.3. The van der Waals surface area contributed by atoms with Crippen LogP contribution in [0.5, 0.6) is 11.5 Å². The fourth-order valence-corrected chi connectivity index (χ4v) is 4.42. The molecule has 2 aromatic heterocycles. The van der Waals surface area contributed by atoms with Crippen LogP contribution in [0.25, 0.3) is 16.3 Å². The van der Waals surface area contributed by atoms with Crippen LogP contribution >= 0.6 is 11.3 Å². The Morgan fingerprint density at radius 1 is 1.33 bits per heavy atom. The van der Waals surface area contributed by atoms with E-state index in [4.69, 9.17) is 14.0 Å². The summed E-state index contributed by atoms with van der Waals surface area (Å²) in [7, 11) is 1.48. The number of benzene rings is 1. The molecule has 1 aromatic carbocycles. The highest BCUT2D eigenvalue weighted by Gasteiger charge is 2.36. The van der Waals surface area contributed by atoms with Gasteiger partial charge in [0, 0.05) is 25.5 Å². The van der Waals surface area contributed by atoms with Crippen molar-refractivity contribution in [3.63, 3.8) is 0 Å². The van der Waals surface area contributed by atoms with Crippen LogP contribution in [-0.2, 0) is 4.74 Å². The summed E-state index contributed by atoms with van der Waals surface area (Å²) in [6.45, 7) is 5.46. The maximum Gasteiger partial charge on any atom is 0.322 e. The molecule has 174 valence electrons. The van der Waals surface area contributed by atoms with Crippen molar-refractivity contribution in [2.24, 2.45) is 0 Å². The van der Waals surface area contributed by atoms with Crippen molar-refractivity contribution in [1.29, 1.82) is 0 Å². The zero-order valence-electron chi connectivity index (χ0n) is 18.7. The van der Waals surface area contributed by atoms with E-state index in [-0.39, 0.29) is 11.8 Å². The van der Waals surface area contributed by atoms with Crippen molar-refractivity contribution in [3.8, 4) is 22.2 Å². The lowest BCUT2D eigenvalue weighted by Gasteiger charge is -2.35. The lowest BCUT2D eigenvalue weighted by molar-refractivity contribution is 0.136. The summed E-state index contributed by atoms with van der Waals surface area (Å²) in [5.74, 6) is 1.12. The summed E-state index contributed by atoms with van der Waals surface area (Å²) in [5, 5.41) is 19.4. The van der Waals surface area contributed by atoms with E-state index in [2.05, 4.69) is 15.5 Å². The van der Waals surface area contributed by atoms with Crippen LogP contribution in [0.3, 0.4) is 0 Å². The number of phenolic OH excluding ortho intramolecular Hbond substituents is 1. The van der Waals surface area contributed by atoms with E-state index in [1.807, 2.05) is 31.4 Å². The highest BCUT2D eigenvalue weighted by Crippen LogP contribution is 2.40. The molecule has 0 saturated carbocycles. The van der Waals surface area contributed by atoms with Gasteiger partial charge >= 0.3 is 6.03 Å². The van der Waals surface area contributed by atoms with Crippen molar-refractivity contribution in [3.05, 3.63) is 52.9 Å².